The molecule has 3 aromatic carbocycles. The summed E-state index contributed by atoms with van der Waals surface area (Å²) in [5.74, 6) is 1.18. The van der Waals surface area contributed by atoms with Gasteiger partial charge in [-0.25, -0.2) is 9.59 Å². The summed E-state index contributed by atoms with van der Waals surface area (Å²) in [5, 5.41) is 0. The van der Waals surface area contributed by atoms with Crippen LogP contribution in [0.2, 0.25) is 0 Å². The molecular formula is C31H36N2O7. The lowest BCUT2D eigenvalue weighted by atomic mass is 10.2. The van der Waals surface area contributed by atoms with Gasteiger partial charge >= 0.3 is 11.9 Å². The van der Waals surface area contributed by atoms with Crippen LogP contribution >= 0.6 is 0 Å². The Kier molecular flexibility index (Phi) is 11.7. The topological polar surface area (TPSA) is 132 Å². The first kappa shape index (κ1) is 29.9. The number of ether oxygens (including phenoxy) is 5. The van der Waals surface area contributed by atoms with Crippen molar-refractivity contribution in [2.45, 2.75) is 32.6 Å². The van der Waals surface area contributed by atoms with E-state index in [1.54, 1.807) is 54.6 Å². The van der Waals surface area contributed by atoms with Crippen molar-refractivity contribution in [1.29, 1.82) is 0 Å². The monoisotopic (exact) mass is 548 g/mol. The molecule has 4 N–H and O–H groups in total. The lowest BCUT2D eigenvalue weighted by Gasteiger charge is -2.12. The van der Waals surface area contributed by atoms with Gasteiger partial charge in [-0.1, -0.05) is 25.8 Å². The number of anilines is 2. The Hall–Kier alpha value is -4.66. The van der Waals surface area contributed by atoms with Crippen molar-refractivity contribution in [3.05, 3.63) is 77.9 Å². The predicted octanol–water partition coefficient (Wildman–Crippen LogP) is 5.67. The number of methoxy groups -OCH3 is 1. The Balaban J connectivity index is 1.43. The van der Waals surface area contributed by atoms with Crippen LogP contribution in [-0.2, 0) is 9.53 Å². The fourth-order valence-corrected chi connectivity index (χ4v) is 3.65. The molecule has 0 unspecified atom stereocenters. The maximum absolute atomic E-state index is 12.3. The molecule has 0 amide bonds. The summed E-state index contributed by atoms with van der Waals surface area (Å²) in [4.78, 5) is 24.4. The predicted molar refractivity (Wildman–Crippen MR) is 155 cm³/mol. The first-order chi connectivity index (χ1) is 19.4. The summed E-state index contributed by atoms with van der Waals surface area (Å²) in [6.07, 6.45) is 6.71. The van der Waals surface area contributed by atoms with E-state index in [1.807, 2.05) is 0 Å². The number of benzene rings is 3. The standard InChI is InChI=1S/C31H36N2O7/c1-3-4-5-15-37-26-9-11-27(12-10-26)40-30(34)14-8-22-7-13-28(29(18-22)36-2)38-16-6-17-39-31(35)23-19-24(32)21-25(33)20-23/h7-14,18-21H,3-6,15-17,32-33H2,1-2H3. The molecule has 9 nitrogen and oxygen atoms in total. The van der Waals surface area contributed by atoms with Crippen LogP contribution in [0, 0.1) is 0 Å². The van der Waals surface area contributed by atoms with Gasteiger partial charge in [-0.3, -0.25) is 0 Å². The second-order valence-electron chi connectivity index (χ2n) is 8.92. The fraction of sp³-hybridized carbons (Fsp3) is 0.290. The minimum atomic E-state index is -0.508. The van der Waals surface area contributed by atoms with E-state index in [2.05, 4.69) is 6.92 Å². The van der Waals surface area contributed by atoms with Crippen LogP contribution in [0.3, 0.4) is 0 Å². The van der Waals surface area contributed by atoms with E-state index < -0.39 is 11.9 Å². The summed E-state index contributed by atoms with van der Waals surface area (Å²) in [6, 6.07) is 16.8. The largest absolute Gasteiger partial charge is 0.494 e. The molecule has 0 fully saturated rings. The molecule has 0 radical (unpaired) electrons. The Labute approximate surface area is 234 Å². The van der Waals surface area contributed by atoms with E-state index >= 15 is 0 Å². The minimum Gasteiger partial charge on any atom is -0.494 e. The molecule has 40 heavy (non-hydrogen) atoms. The zero-order valence-corrected chi connectivity index (χ0v) is 22.9. The van der Waals surface area contributed by atoms with E-state index in [4.69, 9.17) is 35.2 Å². The molecule has 0 spiro atoms. The molecule has 3 aromatic rings. The Morgan fingerprint density at radius 1 is 0.775 bits per heavy atom. The SMILES string of the molecule is CCCCCOc1ccc(OC(=O)C=Cc2ccc(OCCCOC(=O)c3cc(N)cc(N)c3)c(OC)c2)cc1. The normalized spacial score (nSPS) is 10.8. The molecule has 0 heterocycles. The minimum absolute atomic E-state index is 0.160. The van der Waals surface area contributed by atoms with Crippen molar-refractivity contribution in [2.75, 3.05) is 38.4 Å². The van der Waals surface area contributed by atoms with Crippen LogP contribution in [0.1, 0.15) is 48.5 Å². The van der Waals surface area contributed by atoms with Crippen molar-refractivity contribution < 1.29 is 33.3 Å². The number of carbonyl (C=O) groups excluding carboxylic acids is 2. The molecule has 0 aliphatic heterocycles. The maximum Gasteiger partial charge on any atom is 0.338 e. The second kappa shape index (κ2) is 15.7. The van der Waals surface area contributed by atoms with Crippen LogP contribution in [0.5, 0.6) is 23.0 Å². The lowest BCUT2D eigenvalue weighted by Crippen LogP contribution is -2.10. The summed E-state index contributed by atoms with van der Waals surface area (Å²) in [6.45, 7) is 3.27. The highest BCUT2D eigenvalue weighted by atomic mass is 16.5. The van der Waals surface area contributed by atoms with Gasteiger partial charge in [0.2, 0.25) is 0 Å². The Morgan fingerprint density at radius 2 is 1.48 bits per heavy atom. The fourth-order valence-electron chi connectivity index (χ4n) is 3.65. The molecule has 0 aliphatic carbocycles. The number of hydrogen-bond donors (Lipinski definition) is 2. The molecule has 3 rings (SSSR count). The van der Waals surface area contributed by atoms with Crippen molar-refractivity contribution >= 4 is 29.4 Å². The van der Waals surface area contributed by atoms with Crippen LogP contribution in [-0.4, -0.2) is 38.9 Å². The number of nitrogen functional groups attached to an aromatic ring is 2. The highest BCUT2D eigenvalue weighted by molar-refractivity contribution is 5.91. The van der Waals surface area contributed by atoms with E-state index in [1.165, 1.54) is 25.3 Å². The molecule has 9 heteroatoms. The van der Waals surface area contributed by atoms with Crippen LogP contribution in [0.25, 0.3) is 6.08 Å². The molecule has 0 aliphatic rings. The number of esters is 2. The van der Waals surface area contributed by atoms with Gasteiger partial charge in [-0.15, -0.1) is 0 Å². The molecule has 0 aromatic heterocycles. The second-order valence-corrected chi connectivity index (χ2v) is 8.92. The van der Waals surface area contributed by atoms with Crippen LogP contribution in [0.4, 0.5) is 11.4 Å². The zero-order valence-electron chi connectivity index (χ0n) is 22.9. The molecule has 0 saturated carbocycles. The van der Waals surface area contributed by atoms with Gasteiger partial charge in [0.15, 0.2) is 11.5 Å². The van der Waals surface area contributed by atoms with Gasteiger partial charge in [0, 0.05) is 23.9 Å². The summed E-state index contributed by atoms with van der Waals surface area (Å²) in [5.41, 5.74) is 13.2. The highest BCUT2D eigenvalue weighted by Crippen LogP contribution is 2.29. The van der Waals surface area contributed by atoms with Gasteiger partial charge in [-0.05, 0) is 72.7 Å². The van der Waals surface area contributed by atoms with Gasteiger partial charge in [0.05, 0.1) is 32.5 Å². The number of carbonyl (C=O) groups is 2. The van der Waals surface area contributed by atoms with Gasteiger partial charge < -0.3 is 35.2 Å². The average Bonchev–Trinajstić information content (AvgIpc) is 2.94. The van der Waals surface area contributed by atoms with Crippen molar-refractivity contribution in [1.82, 2.24) is 0 Å². The number of rotatable bonds is 15. The molecule has 212 valence electrons. The van der Waals surface area contributed by atoms with E-state index in [0.29, 0.717) is 53.8 Å². The summed E-state index contributed by atoms with van der Waals surface area (Å²) < 4.78 is 27.5. The first-order valence-electron chi connectivity index (χ1n) is 13.1. The third-order valence-electron chi connectivity index (χ3n) is 5.65. The first-order valence-corrected chi connectivity index (χ1v) is 13.1. The maximum atomic E-state index is 12.3. The number of nitrogens with two attached hydrogens (primary N) is 2. The van der Waals surface area contributed by atoms with Gasteiger partial charge in [0.25, 0.3) is 0 Å². The lowest BCUT2D eigenvalue weighted by molar-refractivity contribution is -0.128. The van der Waals surface area contributed by atoms with Crippen LogP contribution < -0.4 is 30.4 Å². The van der Waals surface area contributed by atoms with Crippen molar-refractivity contribution in [3.63, 3.8) is 0 Å². The summed E-state index contributed by atoms with van der Waals surface area (Å²) >= 11 is 0. The highest BCUT2D eigenvalue weighted by Gasteiger charge is 2.10. The Morgan fingerprint density at radius 3 is 2.17 bits per heavy atom. The average molecular weight is 549 g/mol. The quantitative estimate of drug-likeness (QED) is 0.0810. The number of hydrogen-bond acceptors (Lipinski definition) is 9. The smallest absolute Gasteiger partial charge is 0.338 e. The van der Waals surface area contributed by atoms with Crippen LogP contribution in [0.15, 0.2) is 66.7 Å². The Bertz CT molecular complexity index is 1270. The van der Waals surface area contributed by atoms with Crippen molar-refractivity contribution in [2.24, 2.45) is 0 Å². The molecular weight excluding hydrogens is 512 g/mol. The van der Waals surface area contributed by atoms with Gasteiger partial charge in [-0.2, -0.15) is 0 Å². The van der Waals surface area contributed by atoms with E-state index in [9.17, 15) is 9.59 Å². The molecule has 0 saturated heterocycles. The molecule has 0 bridgehead atoms. The van der Waals surface area contributed by atoms with Gasteiger partial charge in [0.1, 0.15) is 11.5 Å². The third kappa shape index (κ3) is 9.90. The van der Waals surface area contributed by atoms with E-state index in [0.717, 1.165) is 30.6 Å². The molecule has 0 atom stereocenters. The number of unbranched alkanes of at least 4 members (excludes halogenated alkanes) is 2. The zero-order chi connectivity index (χ0) is 28.7. The van der Waals surface area contributed by atoms with E-state index in [-0.39, 0.29) is 6.61 Å². The summed E-state index contributed by atoms with van der Waals surface area (Å²) in [7, 11) is 1.53. The van der Waals surface area contributed by atoms with Crippen molar-refractivity contribution in [3.8, 4) is 23.0 Å². The third-order valence-corrected chi connectivity index (χ3v) is 5.65.